The topological polar surface area (TPSA) is 72.9 Å². The van der Waals surface area contributed by atoms with Crippen LogP contribution in [0.5, 0.6) is 11.5 Å². The van der Waals surface area contributed by atoms with Gasteiger partial charge in [0, 0.05) is 18.7 Å². The van der Waals surface area contributed by atoms with Crippen molar-refractivity contribution in [2.24, 2.45) is 0 Å². The number of nitrogens with zero attached hydrogens (tertiary/aromatic N) is 1. The van der Waals surface area contributed by atoms with Crippen molar-refractivity contribution in [1.29, 1.82) is 0 Å². The van der Waals surface area contributed by atoms with Crippen LogP contribution in [0.1, 0.15) is 36.7 Å². The van der Waals surface area contributed by atoms with Crippen molar-refractivity contribution < 1.29 is 22.7 Å². The van der Waals surface area contributed by atoms with Crippen molar-refractivity contribution in [2.45, 2.75) is 25.7 Å². The Morgan fingerprint density at radius 2 is 1.73 bits per heavy atom. The van der Waals surface area contributed by atoms with Gasteiger partial charge in [0.15, 0.2) is 17.3 Å². The SMILES string of the molecule is CCOc1c(Cl)cc(C=CC(=O)c2ccc(S(=O)(=O)N(CC)CC)cc2)cc1OC. The number of hydrogen-bond acceptors (Lipinski definition) is 5. The van der Waals surface area contributed by atoms with Crippen LogP contribution in [0.25, 0.3) is 6.08 Å². The highest BCUT2D eigenvalue weighted by Crippen LogP contribution is 2.36. The van der Waals surface area contributed by atoms with Gasteiger partial charge in [-0.25, -0.2) is 8.42 Å². The molecule has 0 aromatic heterocycles. The number of ether oxygens (including phenoxy) is 2. The Hall–Kier alpha value is -2.35. The summed E-state index contributed by atoms with van der Waals surface area (Å²) in [4.78, 5) is 12.7. The third kappa shape index (κ3) is 5.41. The Balaban J connectivity index is 2.22. The first-order valence-corrected chi connectivity index (χ1v) is 11.4. The standard InChI is InChI=1S/C22H26ClNO5S/c1-5-24(6-2)30(26,27)18-11-9-17(10-12-18)20(25)13-8-16-14-19(23)22(29-7-3)21(15-16)28-4/h8-15H,5-7H2,1-4H3. The third-order valence-corrected chi connectivity index (χ3v) is 6.79. The molecule has 0 amide bonds. The maximum absolute atomic E-state index is 12.5. The Morgan fingerprint density at radius 3 is 2.27 bits per heavy atom. The number of carbonyl (C=O) groups is 1. The largest absolute Gasteiger partial charge is 0.493 e. The lowest BCUT2D eigenvalue weighted by Crippen LogP contribution is -2.30. The van der Waals surface area contributed by atoms with Crippen LogP contribution < -0.4 is 9.47 Å². The number of hydrogen-bond donors (Lipinski definition) is 0. The first-order chi connectivity index (χ1) is 14.3. The quantitative estimate of drug-likeness (QED) is 0.387. The molecule has 0 radical (unpaired) electrons. The molecule has 2 aromatic rings. The van der Waals surface area contributed by atoms with E-state index in [1.165, 1.54) is 41.8 Å². The highest BCUT2D eigenvalue weighted by Gasteiger charge is 2.21. The maximum atomic E-state index is 12.5. The van der Waals surface area contributed by atoms with Crippen molar-refractivity contribution >= 4 is 33.5 Å². The lowest BCUT2D eigenvalue weighted by atomic mass is 10.1. The molecule has 0 aliphatic carbocycles. The molecule has 0 N–H and O–H groups in total. The predicted molar refractivity (Wildman–Crippen MR) is 119 cm³/mol. The molecule has 30 heavy (non-hydrogen) atoms. The summed E-state index contributed by atoms with van der Waals surface area (Å²) in [7, 11) is -2.04. The van der Waals surface area contributed by atoms with E-state index in [0.717, 1.165) is 0 Å². The molecule has 0 saturated carbocycles. The molecule has 0 atom stereocenters. The predicted octanol–water partition coefficient (Wildman–Crippen LogP) is 4.67. The molecule has 0 unspecified atom stereocenters. The summed E-state index contributed by atoms with van der Waals surface area (Å²) >= 11 is 6.25. The summed E-state index contributed by atoms with van der Waals surface area (Å²) in [5.74, 6) is 0.670. The molecule has 0 saturated heterocycles. The lowest BCUT2D eigenvalue weighted by molar-refractivity contribution is 0.104. The molecular formula is C22H26ClNO5S. The zero-order valence-corrected chi connectivity index (χ0v) is 19.1. The van der Waals surface area contributed by atoms with Crippen LogP contribution >= 0.6 is 11.6 Å². The Bertz CT molecular complexity index is 1010. The lowest BCUT2D eigenvalue weighted by Gasteiger charge is -2.18. The number of ketones is 1. The van der Waals surface area contributed by atoms with E-state index in [1.807, 2.05) is 6.92 Å². The molecule has 2 rings (SSSR count). The normalized spacial score (nSPS) is 11.8. The molecule has 0 aliphatic heterocycles. The van der Waals surface area contributed by atoms with Gasteiger partial charge in [0.05, 0.1) is 23.6 Å². The zero-order valence-electron chi connectivity index (χ0n) is 17.5. The zero-order chi connectivity index (χ0) is 22.3. The van der Waals surface area contributed by atoms with Gasteiger partial charge in [0.25, 0.3) is 0 Å². The summed E-state index contributed by atoms with van der Waals surface area (Å²) in [6.45, 7) is 6.63. The monoisotopic (exact) mass is 451 g/mol. The van der Waals surface area contributed by atoms with E-state index in [9.17, 15) is 13.2 Å². The fourth-order valence-electron chi connectivity index (χ4n) is 2.89. The van der Waals surface area contributed by atoms with E-state index >= 15 is 0 Å². The van der Waals surface area contributed by atoms with Gasteiger partial charge < -0.3 is 9.47 Å². The highest BCUT2D eigenvalue weighted by molar-refractivity contribution is 7.89. The van der Waals surface area contributed by atoms with Gasteiger partial charge in [-0.15, -0.1) is 0 Å². The molecule has 2 aromatic carbocycles. The van der Waals surface area contributed by atoms with Crippen LogP contribution in [-0.2, 0) is 10.0 Å². The molecule has 0 heterocycles. The number of benzene rings is 2. The third-order valence-electron chi connectivity index (χ3n) is 4.45. The number of halogens is 1. The molecule has 0 bridgehead atoms. The van der Waals surface area contributed by atoms with Crippen LogP contribution in [0.4, 0.5) is 0 Å². The highest BCUT2D eigenvalue weighted by atomic mass is 35.5. The van der Waals surface area contributed by atoms with E-state index in [4.69, 9.17) is 21.1 Å². The Morgan fingerprint density at radius 1 is 1.10 bits per heavy atom. The van der Waals surface area contributed by atoms with E-state index in [1.54, 1.807) is 32.1 Å². The van der Waals surface area contributed by atoms with Gasteiger partial charge in [-0.05, 0) is 55.0 Å². The fraction of sp³-hybridized carbons (Fsp3) is 0.318. The van der Waals surface area contributed by atoms with Gasteiger partial charge >= 0.3 is 0 Å². The second-order valence-corrected chi connectivity index (χ2v) is 8.62. The smallest absolute Gasteiger partial charge is 0.243 e. The number of rotatable bonds is 10. The van der Waals surface area contributed by atoms with E-state index in [0.29, 0.717) is 47.3 Å². The average Bonchev–Trinajstić information content (AvgIpc) is 2.74. The van der Waals surface area contributed by atoms with Crippen molar-refractivity contribution in [3.05, 3.63) is 58.6 Å². The second-order valence-electron chi connectivity index (χ2n) is 6.28. The summed E-state index contributed by atoms with van der Waals surface area (Å²) < 4.78 is 37.2. The average molecular weight is 452 g/mol. The molecule has 0 aliphatic rings. The maximum Gasteiger partial charge on any atom is 0.243 e. The van der Waals surface area contributed by atoms with Crippen LogP contribution in [0.3, 0.4) is 0 Å². The summed E-state index contributed by atoms with van der Waals surface area (Å²) in [5.41, 5.74) is 1.06. The molecule has 8 heteroatoms. The van der Waals surface area contributed by atoms with Crippen molar-refractivity contribution in [1.82, 2.24) is 4.31 Å². The van der Waals surface area contributed by atoms with E-state index in [2.05, 4.69) is 0 Å². The van der Waals surface area contributed by atoms with E-state index in [-0.39, 0.29) is 10.7 Å². The number of methoxy groups -OCH3 is 1. The Kier molecular flexibility index (Phi) is 8.46. The van der Waals surface area contributed by atoms with Gasteiger partial charge in [-0.3, -0.25) is 4.79 Å². The van der Waals surface area contributed by atoms with Crippen LogP contribution in [-0.4, -0.2) is 45.3 Å². The van der Waals surface area contributed by atoms with Crippen molar-refractivity contribution in [3.63, 3.8) is 0 Å². The van der Waals surface area contributed by atoms with Gasteiger partial charge in [-0.2, -0.15) is 4.31 Å². The second kappa shape index (κ2) is 10.6. The van der Waals surface area contributed by atoms with Gasteiger partial charge in [-0.1, -0.05) is 31.5 Å². The summed E-state index contributed by atoms with van der Waals surface area (Å²) in [6, 6.07) is 9.32. The molecular weight excluding hydrogens is 426 g/mol. The van der Waals surface area contributed by atoms with E-state index < -0.39 is 10.0 Å². The summed E-state index contributed by atoms with van der Waals surface area (Å²) in [6.07, 6.45) is 3.02. The van der Waals surface area contributed by atoms with Crippen LogP contribution in [0, 0.1) is 0 Å². The molecule has 0 spiro atoms. The minimum absolute atomic E-state index is 0.162. The first kappa shape index (κ1) is 23.9. The summed E-state index contributed by atoms with van der Waals surface area (Å²) in [5, 5.41) is 0.384. The van der Waals surface area contributed by atoms with Crippen LogP contribution in [0.2, 0.25) is 5.02 Å². The minimum atomic E-state index is -3.56. The molecule has 6 nitrogen and oxygen atoms in total. The number of carbonyl (C=O) groups excluding carboxylic acids is 1. The Labute approximate surface area is 183 Å². The van der Waals surface area contributed by atoms with Crippen molar-refractivity contribution in [3.8, 4) is 11.5 Å². The molecule has 162 valence electrons. The minimum Gasteiger partial charge on any atom is -0.493 e. The number of sulfonamides is 1. The van der Waals surface area contributed by atoms with Gasteiger partial charge in [0.2, 0.25) is 10.0 Å². The van der Waals surface area contributed by atoms with Crippen LogP contribution in [0.15, 0.2) is 47.4 Å². The van der Waals surface area contributed by atoms with Gasteiger partial charge in [0.1, 0.15) is 0 Å². The van der Waals surface area contributed by atoms with Crippen molar-refractivity contribution in [2.75, 3.05) is 26.8 Å². The fourth-order valence-corrected chi connectivity index (χ4v) is 4.62. The molecule has 0 fully saturated rings. The first-order valence-electron chi connectivity index (χ1n) is 9.61. The number of allylic oxidation sites excluding steroid dienone is 1.